The molecule has 0 spiro atoms. The number of carbonyl (C=O) groups is 1. The Balaban J connectivity index is 1.87. The zero-order valence-corrected chi connectivity index (χ0v) is 9.96. The van der Waals surface area contributed by atoms with Gasteiger partial charge in [0.05, 0.1) is 6.21 Å². The first kappa shape index (κ1) is 11.2. The van der Waals surface area contributed by atoms with Gasteiger partial charge in [-0.05, 0) is 36.8 Å². The largest absolute Gasteiger partial charge is 0.273 e. The number of nitrogens with one attached hydrogen (secondary N) is 1. The first-order valence-electron chi connectivity index (χ1n) is 5.26. The fourth-order valence-electron chi connectivity index (χ4n) is 1.30. The number of nitrogens with zero attached hydrogens (tertiary/aromatic N) is 1. The lowest BCUT2D eigenvalue weighted by Gasteiger charge is -1.97. The Morgan fingerprint density at radius 1 is 1.44 bits per heavy atom. The van der Waals surface area contributed by atoms with Gasteiger partial charge >= 0.3 is 0 Å². The Hall–Kier alpha value is -1.29. The van der Waals surface area contributed by atoms with E-state index in [4.69, 9.17) is 0 Å². The van der Waals surface area contributed by atoms with Crippen LogP contribution in [0, 0.1) is 5.92 Å². The molecule has 0 radical (unpaired) electrons. The molecular formula is C12H14N2OS. The monoisotopic (exact) mass is 234 g/mol. The summed E-state index contributed by atoms with van der Waals surface area (Å²) in [6.07, 6.45) is 5.72. The van der Waals surface area contributed by atoms with E-state index in [-0.39, 0.29) is 11.8 Å². The third-order valence-corrected chi connectivity index (χ3v) is 3.20. The number of amides is 1. The Labute approximate surface area is 99.3 Å². The van der Waals surface area contributed by atoms with Gasteiger partial charge in [0, 0.05) is 10.8 Å². The summed E-state index contributed by atoms with van der Waals surface area (Å²) in [4.78, 5) is 12.5. The number of rotatable bonds is 4. The van der Waals surface area contributed by atoms with E-state index in [0.29, 0.717) is 0 Å². The smallest absolute Gasteiger partial charge is 0.243 e. The van der Waals surface area contributed by atoms with Gasteiger partial charge in [0.15, 0.2) is 0 Å². The van der Waals surface area contributed by atoms with Crippen LogP contribution in [0.25, 0.3) is 0 Å². The summed E-state index contributed by atoms with van der Waals surface area (Å²) < 4.78 is 0. The highest BCUT2D eigenvalue weighted by Crippen LogP contribution is 2.28. The number of thioether (sulfide) groups is 1. The van der Waals surface area contributed by atoms with E-state index in [2.05, 4.69) is 10.5 Å². The van der Waals surface area contributed by atoms with Crippen LogP contribution < -0.4 is 5.43 Å². The molecule has 16 heavy (non-hydrogen) atoms. The first-order chi connectivity index (χ1) is 7.79. The van der Waals surface area contributed by atoms with Crippen LogP contribution in [0.5, 0.6) is 0 Å². The predicted molar refractivity (Wildman–Crippen MR) is 66.7 cm³/mol. The van der Waals surface area contributed by atoms with Crippen molar-refractivity contribution in [3.63, 3.8) is 0 Å². The van der Waals surface area contributed by atoms with Gasteiger partial charge in [-0.1, -0.05) is 12.1 Å². The summed E-state index contributed by atoms with van der Waals surface area (Å²) in [7, 11) is 0. The summed E-state index contributed by atoms with van der Waals surface area (Å²) in [6, 6.07) is 8.04. The van der Waals surface area contributed by atoms with E-state index in [1.807, 2.05) is 30.5 Å². The molecule has 2 rings (SSSR count). The number of benzene rings is 1. The van der Waals surface area contributed by atoms with Crippen LogP contribution in [0.1, 0.15) is 18.4 Å². The molecule has 4 heteroatoms. The van der Waals surface area contributed by atoms with Gasteiger partial charge in [-0.15, -0.1) is 11.8 Å². The second kappa shape index (κ2) is 5.16. The number of carbonyl (C=O) groups excluding carboxylic acids is 1. The van der Waals surface area contributed by atoms with Gasteiger partial charge < -0.3 is 0 Å². The van der Waals surface area contributed by atoms with Crippen molar-refractivity contribution in [3.8, 4) is 0 Å². The van der Waals surface area contributed by atoms with E-state index in [1.54, 1.807) is 18.0 Å². The summed E-state index contributed by atoms with van der Waals surface area (Å²) in [5.74, 6) is 0.244. The molecule has 1 saturated carbocycles. The molecule has 1 fully saturated rings. The number of hydrogen-bond donors (Lipinski definition) is 1. The van der Waals surface area contributed by atoms with Crippen molar-refractivity contribution in [1.29, 1.82) is 0 Å². The maximum atomic E-state index is 11.3. The van der Waals surface area contributed by atoms with Crippen molar-refractivity contribution in [1.82, 2.24) is 5.43 Å². The molecule has 0 aromatic heterocycles. The molecular weight excluding hydrogens is 220 g/mol. The molecule has 0 heterocycles. The van der Waals surface area contributed by atoms with Crippen molar-refractivity contribution in [2.75, 3.05) is 6.26 Å². The van der Waals surface area contributed by atoms with Gasteiger partial charge in [-0.2, -0.15) is 5.10 Å². The Bertz CT molecular complexity index is 396. The van der Waals surface area contributed by atoms with E-state index < -0.39 is 0 Å². The van der Waals surface area contributed by atoms with Crippen molar-refractivity contribution in [2.24, 2.45) is 11.0 Å². The Kier molecular flexibility index (Phi) is 3.62. The molecule has 3 nitrogen and oxygen atoms in total. The lowest BCUT2D eigenvalue weighted by Crippen LogP contribution is -2.18. The summed E-state index contributed by atoms with van der Waals surface area (Å²) >= 11 is 1.70. The molecule has 1 aliphatic carbocycles. The number of hydrazone groups is 1. The molecule has 1 aliphatic rings. The Morgan fingerprint density at radius 2 is 2.12 bits per heavy atom. The lowest BCUT2D eigenvalue weighted by atomic mass is 10.2. The molecule has 1 amide bonds. The van der Waals surface area contributed by atoms with Crippen LogP contribution in [-0.2, 0) is 4.79 Å². The molecule has 84 valence electrons. The topological polar surface area (TPSA) is 41.5 Å². The van der Waals surface area contributed by atoms with Gasteiger partial charge in [-0.3, -0.25) is 4.79 Å². The molecule has 1 aromatic rings. The predicted octanol–water partition coefficient (Wildman–Crippen LogP) is 2.27. The van der Waals surface area contributed by atoms with E-state index in [1.165, 1.54) is 4.90 Å². The first-order valence-corrected chi connectivity index (χ1v) is 6.49. The summed E-state index contributed by atoms with van der Waals surface area (Å²) in [5, 5.41) is 3.93. The van der Waals surface area contributed by atoms with E-state index in [0.717, 1.165) is 18.4 Å². The van der Waals surface area contributed by atoms with Gasteiger partial charge in [-0.25, -0.2) is 5.43 Å². The molecule has 1 N–H and O–H groups in total. The highest BCUT2D eigenvalue weighted by molar-refractivity contribution is 7.98. The van der Waals surface area contributed by atoms with Crippen LogP contribution in [0.15, 0.2) is 34.3 Å². The van der Waals surface area contributed by atoms with E-state index in [9.17, 15) is 4.79 Å². The summed E-state index contributed by atoms with van der Waals surface area (Å²) in [6.45, 7) is 0. The van der Waals surface area contributed by atoms with Crippen LogP contribution in [0.3, 0.4) is 0 Å². The van der Waals surface area contributed by atoms with Crippen LogP contribution in [0.4, 0.5) is 0 Å². The molecule has 0 bridgehead atoms. The molecule has 0 unspecified atom stereocenters. The normalized spacial score (nSPS) is 15.3. The number of hydrogen-bond acceptors (Lipinski definition) is 3. The van der Waals surface area contributed by atoms with Crippen LogP contribution >= 0.6 is 11.8 Å². The second-order valence-corrected chi connectivity index (χ2v) is 4.66. The fraction of sp³-hybridized carbons (Fsp3) is 0.333. The van der Waals surface area contributed by atoms with Crippen molar-refractivity contribution in [2.45, 2.75) is 17.7 Å². The minimum absolute atomic E-state index is 0.0389. The highest BCUT2D eigenvalue weighted by Gasteiger charge is 2.29. The van der Waals surface area contributed by atoms with Gasteiger partial charge in [0.2, 0.25) is 5.91 Å². The minimum Gasteiger partial charge on any atom is -0.273 e. The molecule has 0 saturated heterocycles. The molecule has 1 aromatic carbocycles. The highest BCUT2D eigenvalue weighted by atomic mass is 32.2. The average molecular weight is 234 g/mol. The quantitative estimate of drug-likeness (QED) is 0.493. The Morgan fingerprint density at radius 3 is 2.69 bits per heavy atom. The average Bonchev–Trinajstić information content (AvgIpc) is 3.14. The standard InChI is InChI=1S/C12H14N2OS/c1-16-11-6-2-9(3-7-11)8-13-14-12(15)10-4-5-10/h2-3,6-8,10H,4-5H2,1H3,(H,14,15)/b13-8-. The van der Waals surface area contributed by atoms with Crippen molar-refractivity contribution >= 4 is 23.9 Å². The van der Waals surface area contributed by atoms with Crippen LogP contribution in [-0.4, -0.2) is 18.4 Å². The summed E-state index contributed by atoms with van der Waals surface area (Å²) in [5.41, 5.74) is 3.54. The third-order valence-electron chi connectivity index (χ3n) is 2.45. The maximum Gasteiger partial charge on any atom is 0.243 e. The van der Waals surface area contributed by atoms with Crippen molar-refractivity contribution in [3.05, 3.63) is 29.8 Å². The second-order valence-electron chi connectivity index (χ2n) is 3.78. The van der Waals surface area contributed by atoms with Gasteiger partial charge in [0.25, 0.3) is 0 Å². The zero-order chi connectivity index (χ0) is 11.4. The van der Waals surface area contributed by atoms with E-state index >= 15 is 0 Å². The van der Waals surface area contributed by atoms with Gasteiger partial charge in [0.1, 0.15) is 0 Å². The lowest BCUT2D eigenvalue weighted by molar-refractivity contribution is -0.122. The third kappa shape index (κ3) is 3.10. The molecule has 0 aliphatic heterocycles. The van der Waals surface area contributed by atoms with Crippen LogP contribution in [0.2, 0.25) is 0 Å². The zero-order valence-electron chi connectivity index (χ0n) is 9.14. The fourth-order valence-corrected chi connectivity index (χ4v) is 1.71. The SMILES string of the molecule is CSc1ccc(/C=N\NC(=O)C2CC2)cc1. The molecule has 0 atom stereocenters. The maximum absolute atomic E-state index is 11.3. The minimum atomic E-state index is 0.0389. The van der Waals surface area contributed by atoms with Crippen molar-refractivity contribution < 1.29 is 4.79 Å².